The van der Waals surface area contributed by atoms with Crippen LogP contribution in [0.1, 0.15) is 53.0 Å². The first kappa shape index (κ1) is 26.6. The van der Waals surface area contributed by atoms with Gasteiger partial charge in [0, 0.05) is 31.5 Å². The van der Waals surface area contributed by atoms with Gasteiger partial charge < -0.3 is 25.2 Å². The van der Waals surface area contributed by atoms with Crippen molar-refractivity contribution in [1.82, 2.24) is 9.80 Å². The Bertz CT molecular complexity index is 1150. The molecule has 3 N–H and O–H groups in total. The van der Waals surface area contributed by atoms with E-state index in [9.17, 15) is 19.5 Å². The number of carbonyl (C=O) groups excluding carboxylic acids is 2. The molecule has 1 saturated carbocycles. The molecule has 9 heteroatoms. The minimum Gasteiger partial charge on any atom is -0.486 e. The molecule has 2 aliphatic rings. The lowest BCUT2D eigenvalue weighted by molar-refractivity contribution is -0.117. The molecule has 1 fully saturated rings. The van der Waals surface area contributed by atoms with Crippen LogP contribution in [0.3, 0.4) is 0 Å². The predicted octanol–water partition coefficient (Wildman–Crippen LogP) is 3.09. The number of nitrogens with zero attached hydrogens (tertiary/aromatic N) is 2. The van der Waals surface area contributed by atoms with Crippen LogP contribution in [-0.2, 0) is 11.3 Å². The number of hydrogen-bond acceptors (Lipinski definition) is 6. The zero-order valence-corrected chi connectivity index (χ0v) is 21.5. The van der Waals surface area contributed by atoms with E-state index in [1.54, 1.807) is 47.4 Å². The normalized spacial score (nSPS) is 20.5. The number of benzene rings is 2. The maximum absolute atomic E-state index is 13.5. The molecule has 2 aromatic carbocycles. The highest BCUT2D eigenvalue weighted by Gasteiger charge is 2.36. The van der Waals surface area contributed by atoms with Gasteiger partial charge in [0.15, 0.2) is 5.75 Å². The van der Waals surface area contributed by atoms with Crippen molar-refractivity contribution in [3.05, 3.63) is 59.2 Å². The van der Waals surface area contributed by atoms with Gasteiger partial charge in [0.25, 0.3) is 5.91 Å². The lowest BCUT2D eigenvalue weighted by atomic mass is 9.98. The summed E-state index contributed by atoms with van der Waals surface area (Å²) < 4.78 is 6.53. The Morgan fingerprint density at radius 1 is 1.19 bits per heavy atom. The van der Waals surface area contributed by atoms with Gasteiger partial charge in [-0.3, -0.25) is 14.5 Å². The Morgan fingerprint density at radius 2 is 1.89 bits per heavy atom. The Hall–Kier alpha value is -3.43. The first-order valence-corrected chi connectivity index (χ1v) is 12.7. The number of likely N-dealkylation sites (N-methyl/N-ethyl adjacent to an activating group) is 1. The molecule has 9 nitrogen and oxygen atoms in total. The summed E-state index contributed by atoms with van der Waals surface area (Å²) in [5.74, 6) is -0.993. The molecule has 0 bridgehead atoms. The van der Waals surface area contributed by atoms with Gasteiger partial charge >= 0.3 is 5.97 Å². The van der Waals surface area contributed by atoms with E-state index in [4.69, 9.17) is 9.84 Å². The number of anilines is 1. The van der Waals surface area contributed by atoms with Crippen molar-refractivity contribution in [3.63, 3.8) is 0 Å². The monoisotopic (exact) mass is 509 g/mol. The molecule has 0 spiro atoms. The van der Waals surface area contributed by atoms with Gasteiger partial charge in [-0.1, -0.05) is 25.1 Å². The largest absolute Gasteiger partial charge is 0.486 e. The maximum atomic E-state index is 13.5. The molecule has 2 amide bonds. The minimum absolute atomic E-state index is 0.000563. The van der Waals surface area contributed by atoms with Crippen molar-refractivity contribution in [3.8, 4) is 5.75 Å². The summed E-state index contributed by atoms with van der Waals surface area (Å²) in [6, 6.07) is 11.6. The van der Waals surface area contributed by atoms with Crippen LogP contribution in [0.2, 0.25) is 0 Å². The molecule has 4 rings (SSSR count). The second-order valence-electron chi connectivity index (χ2n) is 10.3. The van der Waals surface area contributed by atoms with E-state index in [0.717, 1.165) is 18.4 Å². The van der Waals surface area contributed by atoms with E-state index in [-0.39, 0.29) is 48.0 Å². The lowest BCUT2D eigenvalue weighted by Gasteiger charge is -2.38. The van der Waals surface area contributed by atoms with E-state index < -0.39 is 5.97 Å². The topological polar surface area (TPSA) is 119 Å². The van der Waals surface area contributed by atoms with Crippen LogP contribution in [0.5, 0.6) is 5.75 Å². The number of ether oxygens (including phenoxy) is 1. The predicted molar refractivity (Wildman–Crippen MR) is 139 cm³/mol. The highest BCUT2D eigenvalue weighted by molar-refractivity contribution is 6.02. The van der Waals surface area contributed by atoms with Crippen molar-refractivity contribution in [2.24, 2.45) is 11.8 Å². The van der Waals surface area contributed by atoms with E-state index in [1.807, 2.05) is 20.9 Å². The maximum Gasteiger partial charge on any atom is 0.335 e. The van der Waals surface area contributed by atoms with Gasteiger partial charge in [-0.05, 0) is 56.6 Å². The minimum atomic E-state index is -0.962. The number of fused-ring (bicyclic) bond motifs is 1. The van der Waals surface area contributed by atoms with Crippen LogP contribution >= 0.6 is 0 Å². The van der Waals surface area contributed by atoms with Gasteiger partial charge in [-0.2, -0.15) is 0 Å². The summed E-state index contributed by atoms with van der Waals surface area (Å²) in [6.07, 6.45) is 1.41. The van der Waals surface area contributed by atoms with Crippen LogP contribution in [0, 0.1) is 11.8 Å². The molecule has 1 aliphatic carbocycles. The summed E-state index contributed by atoms with van der Waals surface area (Å²) in [6.45, 7) is 5.18. The Kier molecular flexibility index (Phi) is 8.14. The standard InChI is InChI=1S/C28H35N3O6/c1-17-13-31(18(2)16-32)27(34)22-5-4-6-23(29-26(33)20-11-12-20)25(22)37-24(17)15-30(3)14-19-7-9-21(10-8-19)28(35)36/h4-10,17-18,20,24,32H,11-16H2,1-3H3,(H,29,33)(H,35,36)/t17-,18-,24-/m1/s1. The average molecular weight is 510 g/mol. The summed E-state index contributed by atoms with van der Waals surface area (Å²) in [7, 11) is 1.96. The number of aliphatic hydroxyl groups is 1. The molecule has 1 heterocycles. The fourth-order valence-electron chi connectivity index (χ4n) is 4.58. The second-order valence-corrected chi connectivity index (χ2v) is 10.3. The van der Waals surface area contributed by atoms with Gasteiger partial charge in [-0.25, -0.2) is 4.79 Å². The van der Waals surface area contributed by atoms with Crippen molar-refractivity contribution in [1.29, 1.82) is 0 Å². The number of aromatic carboxylic acids is 1. The van der Waals surface area contributed by atoms with Crippen LogP contribution < -0.4 is 10.1 Å². The molecule has 198 valence electrons. The van der Waals surface area contributed by atoms with Crippen molar-refractivity contribution < 1.29 is 29.3 Å². The quantitative estimate of drug-likeness (QED) is 0.475. The van der Waals surface area contributed by atoms with Gasteiger partial charge in [0.1, 0.15) is 6.10 Å². The van der Waals surface area contributed by atoms with E-state index in [0.29, 0.717) is 36.6 Å². The van der Waals surface area contributed by atoms with E-state index in [1.165, 1.54) is 0 Å². The zero-order chi connectivity index (χ0) is 26.7. The van der Waals surface area contributed by atoms with Crippen LogP contribution in [-0.4, -0.2) is 76.7 Å². The number of aliphatic hydroxyl groups excluding tert-OH is 1. The lowest BCUT2D eigenvalue weighted by Crippen LogP contribution is -2.49. The van der Waals surface area contributed by atoms with Crippen LogP contribution in [0.4, 0.5) is 5.69 Å². The molecule has 3 atom stereocenters. The van der Waals surface area contributed by atoms with Crippen LogP contribution in [0.15, 0.2) is 42.5 Å². The molecule has 0 aromatic heterocycles. The molecular formula is C28H35N3O6. The van der Waals surface area contributed by atoms with Crippen molar-refractivity contribution >= 4 is 23.5 Å². The smallest absolute Gasteiger partial charge is 0.335 e. The molecule has 2 aromatic rings. The number of carbonyl (C=O) groups is 3. The van der Waals surface area contributed by atoms with E-state index in [2.05, 4.69) is 10.2 Å². The second kappa shape index (κ2) is 11.3. The Labute approximate surface area is 217 Å². The third-order valence-corrected chi connectivity index (χ3v) is 7.04. The first-order valence-electron chi connectivity index (χ1n) is 12.7. The molecular weight excluding hydrogens is 474 g/mol. The highest BCUT2D eigenvalue weighted by Crippen LogP contribution is 2.37. The number of amides is 2. The fraction of sp³-hybridized carbons (Fsp3) is 0.464. The number of carboxylic acids is 1. The van der Waals surface area contributed by atoms with Gasteiger partial charge in [-0.15, -0.1) is 0 Å². The highest BCUT2D eigenvalue weighted by atomic mass is 16.5. The summed E-state index contributed by atoms with van der Waals surface area (Å²) >= 11 is 0. The summed E-state index contributed by atoms with van der Waals surface area (Å²) in [5.41, 5.74) is 2.04. The summed E-state index contributed by atoms with van der Waals surface area (Å²) in [4.78, 5) is 41.0. The van der Waals surface area contributed by atoms with Crippen molar-refractivity contribution in [2.45, 2.75) is 45.4 Å². The number of para-hydroxylation sites is 1. The molecule has 0 saturated heterocycles. The van der Waals surface area contributed by atoms with Gasteiger partial charge in [0.05, 0.1) is 29.5 Å². The van der Waals surface area contributed by atoms with Crippen LogP contribution in [0.25, 0.3) is 0 Å². The molecule has 0 radical (unpaired) electrons. The number of rotatable bonds is 9. The first-order chi connectivity index (χ1) is 17.7. The number of hydrogen-bond donors (Lipinski definition) is 3. The third-order valence-electron chi connectivity index (χ3n) is 7.04. The zero-order valence-electron chi connectivity index (χ0n) is 21.5. The number of carboxylic acid groups (broad SMARTS) is 1. The average Bonchev–Trinajstić information content (AvgIpc) is 3.72. The molecule has 1 aliphatic heterocycles. The van der Waals surface area contributed by atoms with Crippen molar-refractivity contribution in [2.75, 3.05) is 32.1 Å². The molecule has 37 heavy (non-hydrogen) atoms. The Balaban J connectivity index is 1.60. The van der Waals surface area contributed by atoms with E-state index >= 15 is 0 Å². The fourth-order valence-corrected chi connectivity index (χ4v) is 4.58. The third kappa shape index (κ3) is 6.29. The summed E-state index contributed by atoms with van der Waals surface area (Å²) in [5, 5.41) is 21.9. The Morgan fingerprint density at radius 3 is 2.51 bits per heavy atom. The SMILES string of the molecule is C[C@@H]1CN([C@H](C)CO)C(=O)c2cccc(NC(=O)C3CC3)c2O[C@@H]1CN(C)Cc1ccc(C(=O)O)cc1. The molecule has 0 unspecified atom stereocenters. The van der Waals surface area contributed by atoms with Gasteiger partial charge in [0.2, 0.25) is 5.91 Å². The number of nitrogens with one attached hydrogen (secondary N) is 1.